The molecule has 2 nitrogen and oxygen atoms in total. The van der Waals surface area contributed by atoms with Gasteiger partial charge in [0.2, 0.25) is 0 Å². The van der Waals surface area contributed by atoms with Crippen molar-refractivity contribution in [3.05, 3.63) is 58.9 Å². The number of nitriles is 1. The van der Waals surface area contributed by atoms with E-state index in [-0.39, 0.29) is 5.82 Å². The maximum absolute atomic E-state index is 13.3. The number of halogens is 2. The largest absolute Gasteiger partial charge is 0.342 e. The van der Waals surface area contributed by atoms with Crippen LogP contribution in [0.25, 0.3) is 0 Å². The average molecular weight is 275 g/mol. The average Bonchev–Trinajstić information content (AvgIpc) is 2.40. The highest BCUT2D eigenvalue weighted by atomic mass is 35.5. The molecule has 4 heteroatoms. The summed E-state index contributed by atoms with van der Waals surface area (Å²) in [5.41, 5.74) is 2.01. The van der Waals surface area contributed by atoms with Gasteiger partial charge >= 0.3 is 0 Å². The lowest BCUT2D eigenvalue weighted by Gasteiger charge is -2.23. The van der Waals surface area contributed by atoms with Gasteiger partial charge in [0.15, 0.2) is 0 Å². The number of anilines is 2. The fourth-order valence-corrected chi connectivity index (χ4v) is 2.14. The van der Waals surface area contributed by atoms with Crippen molar-refractivity contribution < 1.29 is 4.39 Å². The Labute approximate surface area is 116 Å². The minimum atomic E-state index is -0.282. The number of nitrogens with zero attached hydrogens (tertiary/aromatic N) is 2. The lowest BCUT2D eigenvalue weighted by molar-refractivity contribution is 0.627. The first-order valence-electron chi connectivity index (χ1n) is 5.88. The second-order valence-electron chi connectivity index (χ2n) is 4.00. The minimum Gasteiger partial charge on any atom is -0.342 e. The molecule has 2 aromatic rings. The van der Waals surface area contributed by atoms with E-state index in [1.165, 1.54) is 12.1 Å². The first-order chi connectivity index (χ1) is 9.15. The Morgan fingerprint density at radius 2 is 1.95 bits per heavy atom. The second kappa shape index (κ2) is 5.73. The number of hydrogen-bond donors (Lipinski definition) is 0. The zero-order valence-corrected chi connectivity index (χ0v) is 11.2. The lowest BCUT2D eigenvalue weighted by atomic mass is 10.2. The van der Waals surface area contributed by atoms with Crippen molar-refractivity contribution >= 4 is 23.0 Å². The Balaban J connectivity index is 2.43. The van der Waals surface area contributed by atoms with Crippen LogP contribution >= 0.6 is 11.6 Å². The molecule has 19 heavy (non-hydrogen) atoms. The fraction of sp³-hybridized carbons (Fsp3) is 0.133. The molecule has 0 heterocycles. The summed E-state index contributed by atoms with van der Waals surface area (Å²) in [5, 5.41) is 9.26. The first kappa shape index (κ1) is 13.4. The van der Waals surface area contributed by atoms with Gasteiger partial charge in [0.05, 0.1) is 10.6 Å². The van der Waals surface area contributed by atoms with Gasteiger partial charge in [0, 0.05) is 17.9 Å². The van der Waals surface area contributed by atoms with Crippen molar-refractivity contribution in [2.75, 3.05) is 11.4 Å². The van der Waals surface area contributed by atoms with Crippen LogP contribution in [0.2, 0.25) is 5.02 Å². The summed E-state index contributed by atoms with van der Waals surface area (Å²) in [4.78, 5) is 1.93. The van der Waals surface area contributed by atoms with Crippen LogP contribution in [0.5, 0.6) is 0 Å². The Kier molecular flexibility index (Phi) is 4.03. The molecule has 0 aliphatic carbocycles. The van der Waals surface area contributed by atoms with E-state index < -0.39 is 0 Å². The van der Waals surface area contributed by atoms with Gasteiger partial charge in [-0.3, -0.25) is 0 Å². The van der Waals surface area contributed by atoms with E-state index in [1.54, 1.807) is 24.3 Å². The summed E-state index contributed by atoms with van der Waals surface area (Å²) < 4.78 is 13.3. The van der Waals surface area contributed by atoms with E-state index in [9.17, 15) is 4.39 Å². The monoisotopic (exact) mass is 274 g/mol. The Morgan fingerprint density at radius 1 is 1.21 bits per heavy atom. The van der Waals surface area contributed by atoms with Crippen LogP contribution in [0.15, 0.2) is 42.5 Å². The molecule has 0 saturated heterocycles. The van der Waals surface area contributed by atoms with Crippen molar-refractivity contribution in [1.82, 2.24) is 0 Å². The summed E-state index contributed by atoms with van der Waals surface area (Å²) in [6.07, 6.45) is 0. The highest BCUT2D eigenvalue weighted by Crippen LogP contribution is 2.29. The smallest absolute Gasteiger partial charge is 0.125 e. The third-order valence-corrected chi connectivity index (χ3v) is 3.13. The van der Waals surface area contributed by atoms with Gasteiger partial charge in [0.25, 0.3) is 0 Å². The summed E-state index contributed by atoms with van der Waals surface area (Å²) in [6.45, 7) is 2.64. The molecule has 0 aromatic heterocycles. The predicted molar refractivity (Wildman–Crippen MR) is 75.2 cm³/mol. The molecule has 0 spiro atoms. The standard InChI is InChI=1S/C15H12ClFN2/c1-2-19(13-5-3-4-12(17)8-13)14-7-6-11(10-18)15(16)9-14/h3-9H,2H2,1H3. The van der Waals surface area contributed by atoms with Crippen molar-refractivity contribution in [1.29, 1.82) is 5.26 Å². The molecular weight excluding hydrogens is 263 g/mol. The maximum Gasteiger partial charge on any atom is 0.125 e. The molecule has 0 unspecified atom stereocenters. The van der Waals surface area contributed by atoms with E-state index >= 15 is 0 Å². The van der Waals surface area contributed by atoms with Crippen molar-refractivity contribution in [3.63, 3.8) is 0 Å². The van der Waals surface area contributed by atoms with E-state index in [0.717, 1.165) is 11.4 Å². The van der Waals surface area contributed by atoms with Crippen LogP contribution < -0.4 is 4.90 Å². The molecule has 96 valence electrons. The number of rotatable bonds is 3. The summed E-state index contributed by atoms with van der Waals surface area (Å²) in [7, 11) is 0. The van der Waals surface area contributed by atoms with E-state index in [0.29, 0.717) is 17.1 Å². The van der Waals surface area contributed by atoms with Gasteiger partial charge < -0.3 is 4.90 Å². The van der Waals surface area contributed by atoms with Crippen LogP contribution in [0.4, 0.5) is 15.8 Å². The van der Waals surface area contributed by atoms with Gasteiger partial charge in [-0.05, 0) is 43.3 Å². The summed E-state index contributed by atoms with van der Waals surface area (Å²) in [5.74, 6) is -0.282. The van der Waals surface area contributed by atoms with E-state index in [4.69, 9.17) is 16.9 Å². The van der Waals surface area contributed by atoms with Gasteiger partial charge in [-0.25, -0.2) is 4.39 Å². The Morgan fingerprint density at radius 3 is 2.53 bits per heavy atom. The number of benzene rings is 2. The minimum absolute atomic E-state index is 0.282. The van der Waals surface area contributed by atoms with Crippen molar-refractivity contribution in [2.24, 2.45) is 0 Å². The SMILES string of the molecule is CCN(c1cccc(F)c1)c1ccc(C#N)c(Cl)c1. The molecule has 0 radical (unpaired) electrons. The molecule has 2 aromatic carbocycles. The lowest BCUT2D eigenvalue weighted by Crippen LogP contribution is -2.16. The third kappa shape index (κ3) is 2.86. The molecular formula is C15H12ClFN2. The first-order valence-corrected chi connectivity index (χ1v) is 6.26. The Bertz CT molecular complexity index is 634. The molecule has 0 aliphatic heterocycles. The normalized spacial score (nSPS) is 10.0. The molecule has 0 saturated carbocycles. The second-order valence-corrected chi connectivity index (χ2v) is 4.41. The quantitative estimate of drug-likeness (QED) is 0.823. The van der Waals surface area contributed by atoms with Crippen LogP contribution in [0, 0.1) is 17.1 Å². The van der Waals surface area contributed by atoms with Gasteiger partial charge in [-0.15, -0.1) is 0 Å². The zero-order valence-electron chi connectivity index (χ0n) is 10.4. The summed E-state index contributed by atoms with van der Waals surface area (Å²) in [6, 6.07) is 13.6. The van der Waals surface area contributed by atoms with E-state index in [2.05, 4.69) is 0 Å². The molecule has 0 bridgehead atoms. The van der Waals surface area contributed by atoms with Crippen LogP contribution in [0.1, 0.15) is 12.5 Å². The van der Waals surface area contributed by atoms with Gasteiger partial charge in [0.1, 0.15) is 11.9 Å². The molecule has 0 fully saturated rings. The van der Waals surface area contributed by atoms with Crippen LogP contribution in [-0.2, 0) is 0 Å². The molecule has 0 N–H and O–H groups in total. The maximum atomic E-state index is 13.3. The Hall–Kier alpha value is -2.05. The van der Waals surface area contributed by atoms with Gasteiger partial charge in [-0.2, -0.15) is 5.26 Å². The highest BCUT2D eigenvalue weighted by molar-refractivity contribution is 6.32. The van der Waals surface area contributed by atoms with Crippen LogP contribution in [0.3, 0.4) is 0 Å². The van der Waals surface area contributed by atoms with Crippen molar-refractivity contribution in [2.45, 2.75) is 6.92 Å². The third-order valence-electron chi connectivity index (χ3n) is 2.82. The predicted octanol–water partition coefficient (Wildman–Crippen LogP) is 4.51. The molecule has 0 atom stereocenters. The molecule has 0 aliphatic rings. The molecule has 2 rings (SSSR count). The highest BCUT2D eigenvalue weighted by Gasteiger charge is 2.10. The zero-order chi connectivity index (χ0) is 13.8. The van der Waals surface area contributed by atoms with Gasteiger partial charge in [-0.1, -0.05) is 17.7 Å². The van der Waals surface area contributed by atoms with Crippen molar-refractivity contribution in [3.8, 4) is 6.07 Å². The molecule has 0 amide bonds. The topological polar surface area (TPSA) is 27.0 Å². The van der Waals surface area contributed by atoms with E-state index in [1.807, 2.05) is 24.0 Å². The fourth-order valence-electron chi connectivity index (χ4n) is 1.92. The number of hydrogen-bond acceptors (Lipinski definition) is 2. The van der Waals surface area contributed by atoms with Crippen LogP contribution in [-0.4, -0.2) is 6.54 Å². The summed E-state index contributed by atoms with van der Waals surface area (Å²) >= 11 is 6.03.